The Morgan fingerprint density at radius 1 is 1.04 bits per heavy atom. The number of pyridine rings is 1. The minimum Gasteiger partial charge on any atom is -0.360 e. The first-order valence-electron chi connectivity index (χ1n) is 7.18. The van der Waals surface area contributed by atoms with Crippen molar-refractivity contribution in [2.45, 2.75) is 17.4 Å². The SMILES string of the molecule is N#CC(=CNc1cc(C(F)(F)F)cc(C(F)(F)F)c1)S(=O)(=O)c1ccccn1. The molecule has 0 bridgehead atoms. The Labute approximate surface area is 154 Å². The van der Waals surface area contributed by atoms with Crippen molar-refractivity contribution in [1.29, 1.82) is 5.26 Å². The van der Waals surface area contributed by atoms with Crippen molar-refractivity contribution in [3.05, 3.63) is 64.8 Å². The second-order valence-corrected chi connectivity index (χ2v) is 7.10. The third-order valence-electron chi connectivity index (χ3n) is 3.27. The van der Waals surface area contributed by atoms with Crippen molar-refractivity contribution in [3.63, 3.8) is 0 Å². The highest BCUT2D eigenvalue weighted by Gasteiger charge is 2.37. The molecule has 0 aliphatic heterocycles. The summed E-state index contributed by atoms with van der Waals surface area (Å²) in [4.78, 5) is 2.61. The predicted molar refractivity (Wildman–Crippen MR) is 85.2 cm³/mol. The number of nitrogens with one attached hydrogen (secondary N) is 1. The maximum absolute atomic E-state index is 12.8. The number of sulfone groups is 1. The smallest absolute Gasteiger partial charge is 0.360 e. The molecule has 0 fully saturated rings. The van der Waals surface area contributed by atoms with E-state index in [-0.39, 0.29) is 6.07 Å². The highest BCUT2D eigenvalue weighted by atomic mass is 32.2. The van der Waals surface area contributed by atoms with Gasteiger partial charge < -0.3 is 5.32 Å². The van der Waals surface area contributed by atoms with Gasteiger partial charge in [0, 0.05) is 18.1 Å². The summed E-state index contributed by atoms with van der Waals surface area (Å²) >= 11 is 0. The summed E-state index contributed by atoms with van der Waals surface area (Å²) in [5.74, 6) is 0. The first-order chi connectivity index (χ1) is 12.9. The Balaban J connectivity index is 2.48. The number of halogens is 6. The fourth-order valence-corrected chi connectivity index (χ4v) is 2.99. The van der Waals surface area contributed by atoms with Gasteiger partial charge in [-0.05, 0) is 30.3 Å². The largest absolute Gasteiger partial charge is 0.416 e. The van der Waals surface area contributed by atoms with Gasteiger partial charge in [0.1, 0.15) is 6.07 Å². The van der Waals surface area contributed by atoms with E-state index >= 15 is 0 Å². The first kappa shape index (κ1) is 21.2. The molecule has 1 N–H and O–H groups in total. The summed E-state index contributed by atoms with van der Waals surface area (Å²) in [6, 6.07) is 5.77. The highest BCUT2D eigenvalue weighted by Crippen LogP contribution is 2.37. The molecule has 0 saturated carbocycles. The normalized spacial score (nSPS) is 13.1. The molecule has 0 saturated heterocycles. The molecular formula is C16H9F6N3O2S. The number of anilines is 1. The van der Waals surface area contributed by atoms with Crippen LogP contribution < -0.4 is 5.32 Å². The van der Waals surface area contributed by atoms with Gasteiger partial charge in [0.05, 0.1) is 11.1 Å². The van der Waals surface area contributed by atoms with Gasteiger partial charge in [0.2, 0.25) is 9.84 Å². The van der Waals surface area contributed by atoms with E-state index in [4.69, 9.17) is 5.26 Å². The van der Waals surface area contributed by atoms with E-state index in [1.165, 1.54) is 18.2 Å². The summed E-state index contributed by atoms with van der Waals surface area (Å²) in [5, 5.41) is 10.5. The van der Waals surface area contributed by atoms with Crippen molar-refractivity contribution in [2.75, 3.05) is 5.32 Å². The minimum absolute atomic E-state index is 0.0786. The van der Waals surface area contributed by atoms with Crippen LogP contribution in [0.5, 0.6) is 0 Å². The molecular weight excluding hydrogens is 412 g/mol. The Morgan fingerprint density at radius 2 is 1.61 bits per heavy atom. The van der Waals surface area contributed by atoms with Gasteiger partial charge >= 0.3 is 12.4 Å². The van der Waals surface area contributed by atoms with Crippen LogP contribution in [0.2, 0.25) is 0 Å². The van der Waals surface area contributed by atoms with Crippen molar-refractivity contribution >= 4 is 15.5 Å². The number of alkyl halides is 6. The predicted octanol–water partition coefficient (Wildman–Crippen LogP) is 4.37. The van der Waals surface area contributed by atoms with E-state index < -0.39 is 48.9 Å². The maximum Gasteiger partial charge on any atom is 0.416 e. The van der Waals surface area contributed by atoms with Crippen LogP contribution >= 0.6 is 0 Å². The monoisotopic (exact) mass is 421 g/mol. The summed E-state index contributed by atoms with van der Waals surface area (Å²) in [5.41, 5.74) is -3.89. The van der Waals surface area contributed by atoms with Crippen molar-refractivity contribution in [1.82, 2.24) is 4.98 Å². The van der Waals surface area contributed by atoms with Gasteiger partial charge in [-0.2, -0.15) is 31.6 Å². The first-order valence-corrected chi connectivity index (χ1v) is 8.66. The summed E-state index contributed by atoms with van der Waals surface area (Å²) in [7, 11) is -4.42. The minimum atomic E-state index is -5.07. The van der Waals surface area contributed by atoms with E-state index in [0.717, 1.165) is 12.3 Å². The van der Waals surface area contributed by atoms with Crippen molar-refractivity contribution < 1.29 is 34.8 Å². The molecule has 5 nitrogen and oxygen atoms in total. The maximum atomic E-state index is 12.8. The summed E-state index contributed by atoms with van der Waals surface area (Å²) in [6.45, 7) is 0. The van der Waals surface area contributed by atoms with Gasteiger partial charge in [-0.25, -0.2) is 13.4 Å². The summed E-state index contributed by atoms with van der Waals surface area (Å²) in [6.07, 6.45) is -8.50. The van der Waals surface area contributed by atoms with Crippen LogP contribution in [0.25, 0.3) is 0 Å². The highest BCUT2D eigenvalue weighted by molar-refractivity contribution is 7.95. The molecule has 28 heavy (non-hydrogen) atoms. The van der Waals surface area contributed by atoms with Gasteiger partial charge in [-0.15, -0.1) is 0 Å². The zero-order valence-corrected chi connectivity index (χ0v) is 14.3. The van der Waals surface area contributed by atoms with Crippen molar-refractivity contribution in [3.8, 4) is 6.07 Å². The van der Waals surface area contributed by atoms with Crippen LogP contribution in [0.1, 0.15) is 11.1 Å². The number of aromatic nitrogens is 1. The Bertz CT molecular complexity index is 1010. The van der Waals surface area contributed by atoms with E-state index in [1.54, 1.807) is 0 Å². The lowest BCUT2D eigenvalue weighted by molar-refractivity contribution is -0.143. The van der Waals surface area contributed by atoms with E-state index in [2.05, 4.69) is 4.98 Å². The molecule has 0 spiro atoms. The van der Waals surface area contributed by atoms with Gasteiger partial charge in [0.25, 0.3) is 0 Å². The van der Waals surface area contributed by atoms with Crippen LogP contribution in [-0.4, -0.2) is 13.4 Å². The number of hydrogen-bond acceptors (Lipinski definition) is 5. The standard InChI is InChI=1S/C16H9F6N3O2S/c17-15(18,19)10-5-11(16(20,21)22)7-12(6-10)25-9-13(8-23)28(26,27)14-3-1-2-4-24-14/h1-7,9,25H. The molecule has 0 amide bonds. The van der Waals surface area contributed by atoms with E-state index in [0.29, 0.717) is 18.3 Å². The third kappa shape index (κ3) is 4.80. The van der Waals surface area contributed by atoms with Gasteiger partial charge in [0.15, 0.2) is 9.93 Å². The fraction of sp³-hybridized carbons (Fsp3) is 0.125. The summed E-state index contributed by atoms with van der Waals surface area (Å²) < 4.78 is 102. The Morgan fingerprint density at radius 3 is 2.04 bits per heavy atom. The molecule has 148 valence electrons. The zero-order valence-electron chi connectivity index (χ0n) is 13.5. The average Bonchev–Trinajstić information content (AvgIpc) is 2.61. The van der Waals surface area contributed by atoms with E-state index in [1.807, 2.05) is 5.32 Å². The molecule has 12 heteroatoms. The molecule has 1 aromatic carbocycles. The average molecular weight is 421 g/mol. The zero-order chi connectivity index (χ0) is 21.2. The molecule has 0 radical (unpaired) electrons. The van der Waals surface area contributed by atoms with Gasteiger partial charge in [-0.3, -0.25) is 0 Å². The number of rotatable bonds is 4. The molecule has 1 heterocycles. The van der Waals surface area contributed by atoms with Crippen molar-refractivity contribution in [2.24, 2.45) is 0 Å². The Kier molecular flexibility index (Phi) is 5.70. The van der Waals surface area contributed by atoms with Crippen LogP contribution in [0.15, 0.2) is 58.7 Å². The van der Waals surface area contributed by atoms with Crippen LogP contribution in [0.4, 0.5) is 32.0 Å². The van der Waals surface area contributed by atoms with Crippen LogP contribution in [0, 0.1) is 11.3 Å². The number of benzene rings is 1. The lowest BCUT2D eigenvalue weighted by atomic mass is 10.1. The molecule has 1 aromatic heterocycles. The topological polar surface area (TPSA) is 82.9 Å². The number of nitriles is 1. The second kappa shape index (κ2) is 7.51. The van der Waals surface area contributed by atoms with E-state index in [9.17, 15) is 34.8 Å². The van der Waals surface area contributed by atoms with Crippen LogP contribution in [0.3, 0.4) is 0 Å². The second-order valence-electron chi connectivity index (χ2n) is 5.23. The fourth-order valence-electron chi connectivity index (χ4n) is 1.98. The molecule has 0 atom stereocenters. The van der Waals surface area contributed by atoms with Gasteiger partial charge in [-0.1, -0.05) is 6.07 Å². The molecule has 2 aromatic rings. The molecule has 0 aliphatic rings. The molecule has 0 unspecified atom stereocenters. The lowest BCUT2D eigenvalue weighted by Crippen LogP contribution is -2.12. The Hall–Kier alpha value is -3.07. The molecule has 2 rings (SSSR count). The molecule has 0 aliphatic carbocycles. The third-order valence-corrected chi connectivity index (χ3v) is 4.85. The number of hydrogen-bond donors (Lipinski definition) is 1. The lowest BCUT2D eigenvalue weighted by Gasteiger charge is -2.14. The van der Waals surface area contributed by atoms with Crippen LogP contribution in [-0.2, 0) is 22.2 Å². The number of allylic oxidation sites excluding steroid dienone is 1. The quantitative estimate of drug-likeness (QED) is 0.586. The number of nitrogens with zero attached hydrogens (tertiary/aromatic N) is 2.